The molecule has 1 unspecified atom stereocenters. The minimum atomic E-state index is -0.415. The Morgan fingerprint density at radius 3 is 2.72 bits per heavy atom. The lowest BCUT2D eigenvalue weighted by atomic mass is 10.2. The smallest absolute Gasteiger partial charge is 0.306 e. The monoisotopic (exact) mass is 269 g/mol. The van der Waals surface area contributed by atoms with Crippen LogP contribution in [-0.2, 0) is 9.53 Å². The van der Waals surface area contributed by atoms with Gasteiger partial charge in [0.1, 0.15) is 0 Å². The maximum Gasteiger partial charge on any atom is 0.306 e. The molecule has 1 aromatic rings. The molecule has 0 saturated carbocycles. The fraction of sp³-hybridized carbons (Fsp3) is 0.417. The molecule has 1 atom stereocenters. The van der Waals surface area contributed by atoms with Gasteiger partial charge in [0.2, 0.25) is 0 Å². The highest BCUT2D eigenvalue weighted by Crippen LogP contribution is 2.29. The summed E-state index contributed by atoms with van der Waals surface area (Å²) in [6.07, 6.45) is 0.281. The third-order valence-electron chi connectivity index (χ3n) is 2.27. The summed E-state index contributed by atoms with van der Waals surface area (Å²) in [6, 6.07) is 4.91. The second-order valence-electron chi connectivity index (χ2n) is 3.97. The standard InChI is InChI=1S/C12H15NO4S/c1-8-4-10(13(15)16)7-11(5-8)18-9(2)6-12(14)17-3/h4-5,7,9H,6H2,1-3H3. The van der Waals surface area contributed by atoms with Crippen molar-refractivity contribution in [3.63, 3.8) is 0 Å². The number of aryl methyl sites for hydroxylation is 1. The van der Waals surface area contributed by atoms with E-state index in [1.165, 1.54) is 31.0 Å². The zero-order valence-electron chi connectivity index (χ0n) is 10.5. The largest absolute Gasteiger partial charge is 0.469 e. The molecular weight excluding hydrogens is 254 g/mol. The number of ether oxygens (including phenoxy) is 1. The molecule has 0 N–H and O–H groups in total. The predicted octanol–water partition coefficient (Wildman–Crippen LogP) is 2.95. The van der Waals surface area contributed by atoms with E-state index in [1.54, 1.807) is 0 Å². The molecule has 0 spiro atoms. The number of thioether (sulfide) groups is 1. The first kappa shape index (κ1) is 14.5. The van der Waals surface area contributed by atoms with Crippen LogP contribution in [0.15, 0.2) is 23.1 Å². The molecule has 0 amide bonds. The third-order valence-corrected chi connectivity index (χ3v) is 3.34. The van der Waals surface area contributed by atoms with Crippen molar-refractivity contribution in [1.82, 2.24) is 0 Å². The first-order valence-electron chi connectivity index (χ1n) is 5.42. The fourth-order valence-electron chi connectivity index (χ4n) is 1.49. The van der Waals surface area contributed by atoms with Crippen LogP contribution in [0.2, 0.25) is 0 Å². The predicted molar refractivity (Wildman–Crippen MR) is 69.8 cm³/mol. The Hall–Kier alpha value is -1.56. The van der Waals surface area contributed by atoms with Crippen molar-refractivity contribution in [2.45, 2.75) is 30.4 Å². The van der Waals surface area contributed by atoms with Crippen LogP contribution in [0.5, 0.6) is 0 Å². The number of non-ortho nitro benzene ring substituents is 1. The number of esters is 1. The molecule has 0 aliphatic rings. The number of rotatable bonds is 5. The molecule has 0 fully saturated rings. The first-order chi connectivity index (χ1) is 8.42. The molecule has 0 aromatic heterocycles. The van der Waals surface area contributed by atoms with Crippen LogP contribution in [0.1, 0.15) is 18.9 Å². The number of nitro benzene ring substituents is 1. The number of methoxy groups -OCH3 is 1. The maximum atomic E-state index is 11.1. The van der Waals surface area contributed by atoms with Crippen LogP contribution in [0.25, 0.3) is 0 Å². The van der Waals surface area contributed by atoms with Crippen LogP contribution in [0, 0.1) is 17.0 Å². The van der Waals surface area contributed by atoms with Crippen LogP contribution in [0.3, 0.4) is 0 Å². The van der Waals surface area contributed by atoms with E-state index in [-0.39, 0.29) is 23.3 Å². The van der Waals surface area contributed by atoms with E-state index in [0.717, 1.165) is 10.5 Å². The summed E-state index contributed by atoms with van der Waals surface area (Å²) in [4.78, 5) is 22.2. The first-order valence-corrected chi connectivity index (χ1v) is 6.30. The van der Waals surface area contributed by atoms with Gasteiger partial charge >= 0.3 is 5.97 Å². The van der Waals surface area contributed by atoms with Gasteiger partial charge in [-0.25, -0.2) is 0 Å². The van der Waals surface area contributed by atoms with Gasteiger partial charge < -0.3 is 4.74 Å². The molecule has 0 heterocycles. The number of nitrogens with zero attached hydrogens (tertiary/aromatic N) is 1. The zero-order valence-corrected chi connectivity index (χ0v) is 11.3. The number of hydrogen-bond donors (Lipinski definition) is 0. The molecular formula is C12H15NO4S. The zero-order chi connectivity index (χ0) is 13.7. The SMILES string of the molecule is COC(=O)CC(C)Sc1cc(C)cc([N+](=O)[O-])c1. The van der Waals surface area contributed by atoms with Gasteiger partial charge in [0, 0.05) is 22.3 Å². The van der Waals surface area contributed by atoms with Gasteiger partial charge in [-0.3, -0.25) is 14.9 Å². The summed E-state index contributed by atoms with van der Waals surface area (Å²) in [5, 5.41) is 10.8. The van der Waals surface area contributed by atoms with Crippen molar-refractivity contribution < 1.29 is 14.5 Å². The minimum absolute atomic E-state index is 0.0128. The molecule has 0 radical (unpaired) electrons. The van der Waals surface area contributed by atoms with Crippen molar-refractivity contribution in [1.29, 1.82) is 0 Å². The Morgan fingerprint density at radius 2 is 2.17 bits per heavy atom. The van der Waals surface area contributed by atoms with Crippen LogP contribution in [0.4, 0.5) is 5.69 Å². The highest BCUT2D eigenvalue weighted by molar-refractivity contribution is 8.00. The van der Waals surface area contributed by atoms with E-state index in [0.29, 0.717) is 0 Å². The summed E-state index contributed by atoms with van der Waals surface area (Å²) in [7, 11) is 1.34. The maximum absolute atomic E-state index is 11.1. The molecule has 0 bridgehead atoms. The van der Waals surface area contributed by atoms with Crippen molar-refractivity contribution in [2.75, 3.05) is 7.11 Å². The van der Waals surface area contributed by atoms with Gasteiger partial charge in [-0.05, 0) is 18.6 Å². The molecule has 0 aliphatic heterocycles. The van der Waals surface area contributed by atoms with Crippen molar-refractivity contribution in [3.05, 3.63) is 33.9 Å². The Bertz CT molecular complexity index is 461. The Morgan fingerprint density at radius 1 is 1.50 bits per heavy atom. The average molecular weight is 269 g/mol. The molecule has 98 valence electrons. The fourth-order valence-corrected chi connectivity index (χ4v) is 2.62. The lowest BCUT2D eigenvalue weighted by Crippen LogP contribution is -2.08. The van der Waals surface area contributed by atoms with Crippen LogP contribution in [-0.4, -0.2) is 23.3 Å². The van der Waals surface area contributed by atoms with E-state index in [2.05, 4.69) is 4.74 Å². The van der Waals surface area contributed by atoms with E-state index < -0.39 is 4.92 Å². The highest BCUT2D eigenvalue weighted by Gasteiger charge is 2.13. The van der Waals surface area contributed by atoms with Gasteiger partial charge in [0.25, 0.3) is 5.69 Å². The lowest BCUT2D eigenvalue weighted by Gasteiger charge is -2.10. The summed E-state index contributed by atoms with van der Waals surface area (Å²) >= 11 is 1.43. The Labute approximate surface area is 110 Å². The van der Waals surface area contributed by atoms with E-state index >= 15 is 0 Å². The van der Waals surface area contributed by atoms with E-state index in [9.17, 15) is 14.9 Å². The topological polar surface area (TPSA) is 69.4 Å². The van der Waals surface area contributed by atoms with Gasteiger partial charge in [-0.1, -0.05) is 6.92 Å². The van der Waals surface area contributed by atoms with E-state index in [1.807, 2.05) is 19.9 Å². The number of nitro groups is 1. The van der Waals surface area contributed by atoms with Crippen LogP contribution >= 0.6 is 11.8 Å². The van der Waals surface area contributed by atoms with Crippen molar-refractivity contribution in [3.8, 4) is 0 Å². The number of hydrogen-bond acceptors (Lipinski definition) is 5. The normalized spacial score (nSPS) is 11.9. The summed E-state index contributed by atoms with van der Waals surface area (Å²) in [5.41, 5.74) is 0.903. The van der Waals surface area contributed by atoms with Gasteiger partial charge in [-0.2, -0.15) is 0 Å². The molecule has 1 aromatic carbocycles. The van der Waals surface area contributed by atoms with E-state index in [4.69, 9.17) is 0 Å². The summed E-state index contributed by atoms with van der Waals surface area (Å²) in [5.74, 6) is -0.280. The number of carbonyl (C=O) groups excluding carboxylic acids is 1. The minimum Gasteiger partial charge on any atom is -0.469 e. The number of benzene rings is 1. The Balaban J connectivity index is 2.78. The van der Waals surface area contributed by atoms with Gasteiger partial charge in [0.15, 0.2) is 0 Å². The van der Waals surface area contributed by atoms with Gasteiger partial charge in [0.05, 0.1) is 18.5 Å². The number of carbonyl (C=O) groups is 1. The quantitative estimate of drug-likeness (QED) is 0.356. The molecule has 5 nitrogen and oxygen atoms in total. The molecule has 1 rings (SSSR count). The molecule has 0 aliphatic carbocycles. The third kappa shape index (κ3) is 4.37. The summed E-state index contributed by atoms with van der Waals surface area (Å²) < 4.78 is 4.58. The Kier molecular flexibility index (Phi) is 5.15. The van der Waals surface area contributed by atoms with Crippen molar-refractivity contribution >= 4 is 23.4 Å². The highest BCUT2D eigenvalue weighted by atomic mass is 32.2. The second kappa shape index (κ2) is 6.39. The molecule has 6 heteroatoms. The van der Waals surface area contributed by atoms with Crippen LogP contribution < -0.4 is 0 Å². The summed E-state index contributed by atoms with van der Waals surface area (Å²) in [6.45, 7) is 3.69. The second-order valence-corrected chi connectivity index (χ2v) is 5.48. The van der Waals surface area contributed by atoms with Crippen molar-refractivity contribution in [2.24, 2.45) is 0 Å². The lowest BCUT2D eigenvalue weighted by molar-refractivity contribution is -0.385. The molecule has 18 heavy (non-hydrogen) atoms. The van der Waals surface area contributed by atoms with Gasteiger partial charge in [-0.15, -0.1) is 11.8 Å². The average Bonchev–Trinajstić information content (AvgIpc) is 2.27. The molecule has 0 saturated heterocycles.